The van der Waals surface area contributed by atoms with Gasteiger partial charge in [0.25, 0.3) is 0 Å². The molecule has 51 heavy (non-hydrogen) atoms. The fourth-order valence-corrected chi connectivity index (χ4v) is 8.53. The predicted octanol–water partition coefficient (Wildman–Crippen LogP) is 12.2. The summed E-state index contributed by atoms with van der Waals surface area (Å²) in [5.74, 6) is 1.87. The largest absolute Gasteiger partial charge is 0.374 e. The molecule has 0 saturated heterocycles. The number of hydrogen-bond donors (Lipinski definition) is 3. The second kappa shape index (κ2) is 11.1. The third kappa shape index (κ3) is 4.49. The average molecular weight is 657 g/mol. The zero-order valence-corrected chi connectivity index (χ0v) is 28.8. The van der Waals surface area contributed by atoms with Crippen LogP contribution in [0.5, 0.6) is 0 Å². The number of aromatic amines is 2. The van der Waals surface area contributed by atoms with Gasteiger partial charge in [0.2, 0.25) is 0 Å². The van der Waals surface area contributed by atoms with Gasteiger partial charge in [-0.05, 0) is 120 Å². The molecule has 4 heteroatoms. The third-order valence-corrected chi connectivity index (χ3v) is 11.0. The number of nitrogens with zero attached hydrogens (tertiary/aromatic N) is 1. The molecule has 0 spiro atoms. The normalized spacial score (nSPS) is 13.2. The van der Waals surface area contributed by atoms with Crippen molar-refractivity contribution >= 4 is 38.4 Å². The Labute approximate surface area is 296 Å². The second-order valence-electron chi connectivity index (χ2n) is 14.2. The van der Waals surface area contributed by atoms with E-state index in [4.69, 9.17) is 4.98 Å². The maximum atomic E-state index is 5.03. The molecule has 0 atom stereocenters. The van der Waals surface area contributed by atoms with Crippen LogP contribution in [0, 0.1) is 0 Å². The molecule has 3 N–H and O–H groups in total. The molecule has 0 radical (unpaired) electrons. The number of benzene rings is 7. The molecule has 4 nitrogen and oxygen atoms in total. The van der Waals surface area contributed by atoms with E-state index in [1.54, 1.807) is 0 Å². The van der Waals surface area contributed by atoms with Crippen LogP contribution < -0.4 is 5.32 Å². The Balaban J connectivity index is 1.17. The van der Waals surface area contributed by atoms with Crippen molar-refractivity contribution in [3.05, 3.63) is 157 Å². The first-order valence-electron chi connectivity index (χ1n) is 17.6. The van der Waals surface area contributed by atoms with Crippen LogP contribution in [-0.2, 0) is 5.41 Å². The molecule has 7 aromatic carbocycles. The van der Waals surface area contributed by atoms with Gasteiger partial charge in [-0.2, -0.15) is 0 Å². The van der Waals surface area contributed by atoms with Crippen molar-refractivity contribution in [2.45, 2.75) is 19.3 Å². The van der Waals surface area contributed by atoms with Crippen LogP contribution in [0.4, 0.5) is 5.82 Å². The SMILES string of the molecule is CNc1[nH]ccc1-c1cccc(-c2cc(-c3ccc4c(c3)C(C)(C)c3c-4c4ccccc4c4ccccc34)cc(-c3nc4ccccc4[nH]3)c2)c1. The Hall–Kier alpha value is -6.39. The van der Waals surface area contributed by atoms with Crippen LogP contribution in [0.1, 0.15) is 25.0 Å². The molecule has 2 heterocycles. The molecule has 0 amide bonds. The van der Waals surface area contributed by atoms with E-state index in [0.29, 0.717) is 0 Å². The van der Waals surface area contributed by atoms with Crippen LogP contribution in [-0.4, -0.2) is 22.0 Å². The average Bonchev–Trinajstić information content (AvgIpc) is 3.90. The monoisotopic (exact) mass is 656 g/mol. The number of aromatic nitrogens is 3. The summed E-state index contributed by atoms with van der Waals surface area (Å²) in [6, 6.07) is 51.0. The standard InChI is InChI=1S/C47H36N4/c1-47(2)40-27-29(19-20-39(40)43-37-15-6-4-13-35(37)36-14-5-7-16-38(36)44(43)47)32-24-31(25-33(26-32)45-50-41-17-8-9-18-42(41)51-45)28-11-10-12-30(23-28)34-21-22-49-46(34)48-3/h4-27,48-49H,1-3H3,(H,50,51). The summed E-state index contributed by atoms with van der Waals surface area (Å²) in [6.45, 7) is 4.79. The van der Waals surface area contributed by atoms with Gasteiger partial charge in [-0.15, -0.1) is 0 Å². The third-order valence-electron chi connectivity index (χ3n) is 11.0. The smallest absolute Gasteiger partial charge is 0.138 e. The van der Waals surface area contributed by atoms with E-state index in [1.807, 2.05) is 19.3 Å². The number of H-pyrrole nitrogens is 2. The van der Waals surface area contributed by atoms with Gasteiger partial charge in [0, 0.05) is 29.8 Å². The second-order valence-corrected chi connectivity index (χ2v) is 14.2. The lowest BCUT2D eigenvalue weighted by molar-refractivity contribution is 0.667. The van der Waals surface area contributed by atoms with E-state index >= 15 is 0 Å². The van der Waals surface area contributed by atoms with Gasteiger partial charge in [-0.25, -0.2) is 4.98 Å². The number of imidazole rings is 1. The Morgan fingerprint density at radius 2 is 1.20 bits per heavy atom. The number of fused-ring (bicyclic) bond motifs is 9. The van der Waals surface area contributed by atoms with E-state index in [2.05, 4.69) is 163 Å². The van der Waals surface area contributed by atoms with Crippen molar-refractivity contribution in [1.29, 1.82) is 0 Å². The molecular weight excluding hydrogens is 621 g/mol. The van der Waals surface area contributed by atoms with Crippen LogP contribution >= 0.6 is 0 Å². The minimum Gasteiger partial charge on any atom is -0.374 e. The molecule has 0 bridgehead atoms. The summed E-state index contributed by atoms with van der Waals surface area (Å²) in [5.41, 5.74) is 15.3. The highest BCUT2D eigenvalue weighted by Gasteiger charge is 2.38. The first kappa shape index (κ1) is 29.5. The number of nitrogens with one attached hydrogen (secondary N) is 3. The Bertz CT molecular complexity index is 2800. The van der Waals surface area contributed by atoms with Gasteiger partial charge in [0.05, 0.1) is 11.0 Å². The summed E-state index contributed by atoms with van der Waals surface area (Å²) >= 11 is 0. The highest BCUT2D eigenvalue weighted by molar-refractivity contribution is 6.18. The lowest BCUT2D eigenvalue weighted by Gasteiger charge is -2.24. The lowest BCUT2D eigenvalue weighted by atomic mass is 9.78. The molecule has 9 aromatic rings. The van der Waals surface area contributed by atoms with Gasteiger partial charge in [0.1, 0.15) is 11.6 Å². The molecule has 0 aliphatic heterocycles. The van der Waals surface area contributed by atoms with Gasteiger partial charge in [-0.3, -0.25) is 0 Å². The number of anilines is 1. The molecule has 1 aliphatic rings. The van der Waals surface area contributed by atoms with Crippen molar-refractivity contribution in [3.8, 4) is 55.9 Å². The molecule has 0 saturated carbocycles. The predicted molar refractivity (Wildman–Crippen MR) is 214 cm³/mol. The van der Waals surface area contributed by atoms with Crippen molar-refractivity contribution in [2.75, 3.05) is 12.4 Å². The highest BCUT2D eigenvalue weighted by atomic mass is 15.0. The van der Waals surface area contributed by atoms with E-state index in [-0.39, 0.29) is 5.41 Å². The van der Waals surface area contributed by atoms with E-state index in [0.717, 1.165) is 56.1 Å². The number of rotatable bonds is 5. The van der Waals surface area contributed by atoms with Gasteiger partial charge in [-0.1, -0.05) is 105 Å². The number of hydrogen-bond acceptors (Lipinski definition) is 2. The maximum absolute atomic E-state index is 5.03. The van der Waals surface area contributed by atoms with Crippen LogP contribution in [0.25, 0.3) is 88.5 Å². The van der Waals surface area contributed by atoms with Crippen LogP contribution in [0.2, 0.25) is 0 Å². The van der Waals surface area contributed by atoms with Gasteiger partial charge >= 0.3 is 0 Å². The molecule has 10 rings (SSSR count). The minimum atomic E-state index is -0.181. The van der Waals surface area contributed by atoms with Crippen molar-refractivity contribution < 1.29 is 0 Å². The van der Waals surface area contributed by atoms with Crippen molar-refractivity contribution in [3.63, 3.8) is 0 Å². The van der Waals surface area contributed by atoms with Crippen LogP contribution in [0.3, 0.4) is 0 Å². The first-order chi connectivity index (χ1) is 25.0. The summed E-state index contributed by atoms with van der Waals surface area (Å²) < 4.78 is 0. The maximum Gasteiger partial charge on any atom is 0.138 e. The van der Waals surface area contributed by atoms with Crippen LogP contribution in [0.15, 0.2) is 146 Å². The summed E-state index contributed by atoms with van der Waals surface area (Å²) in [6.07, 6.45) is 1.98. The first-order valence-corrected chi connectivity index (χ1v) is 17.6. The van der Waals surface area contributed by atoms with Gasteiger partial charge in [0.15, 0.2) is 0 Å². The molecular formula is C47H36N4. The van der Waals surface area contributed by atoms with E-state index in [9.17, 15) is 0 Å². The number of para-hydroxylation sites is 2. The quantitative estimate of drug-likeness (QED) is 0.161. The lowest BCUT2D eigenvalue weighted by Crippen LogP contribution is -2.15. The molecule has 244 valence electrons. The molecule has 2 aromatic heterocycles. The van der Waals surface area contributed by atoms with E-state index in [1.165, 1.54) is 49.4 Å². The van der Waals surface area contributed by atoms with Crippen molar-refractivity contribution in [2.24, 2.45) is 0 Å². The fourth-order valence-electron chi connectivity index (χ4n) is 8.53. The van der Waals surface area contributed by atoms with E-state index < -0.39 is 0 Å². The Morgan fingerprint density at radius 3 is 1.98 bits per heavy atom. The summed E-state index contributed by atoms with van der Waals surface area (Å²) in [4.78, 5) is 11.9. The molecule has 1 aliphatic carbocycles. The van der Waals surface area contributed by atoms with Crippen molar-refractivity contribution in [1.82, 2.24) is 15.0 Å². The topological polar surface area (TPSA) is 56.5 Å². The fraction of sp³-hybridized carbons (Fsp3) is 0.0851. The Morgan fingerprint density at radius 1 is 0.549 bits per heavy atom. The Kier molecular flexibility index (Phi) is 6.40. The highest BCUT2D eigenvalue weighted by Crippen LogP contribution is 2.55. The minimum absolute atomic E-state index is 0.181. The summed E-state index contributed by atoms with van der Waals surface area (Å²) in [7, 11) is 1.95. The summed E-state index contributed by atoms with van der Waals surface area (Å²) in [5, 5.41) is 8.59. The molecule has 0 unspecified atom stereocenters. The molecule has 0 fully saturated rings. The van der Waals surface area contributed by atoms with Gasteiger partial charge < -0.3 is 15.3 Å². The zero-order chi connectivity index (χ0) is 34.3. The zero-order valence-electron chi connectivity index (χ0n) is 28.8.